The van der Waals surface area contributed by atoms with Crippen molar-refractivity contribution < 1.29 is 0 Å². The van der Waals surface area contributed by atoms with Gasteiger partial charge in [-0.15, -0.1) is 0 Å². The molecule has 0 saturated carbocycles. The molecule has 10 aromatic carbocycles. The molecule has 0 spiro atoms. The van der Waals surface area contributed by atoms with Crippen molar-refractivity contribution in [1.29, 1.82) is 0 Å². The third-order valence-electron chi connectivity index (χ3n) is 13.6. The van der Waals surface area contributed by atoms with E-state index >= 15 is 0 Å². The van der Waals surface area contributed by atoms with Crippen LogP contribution in [0.2, 0.25) is 0 Å². The predicted molar refractivity (Wildman–Crippen MR) is 263 cm³/mol. The van der Waals surface area contributed by atoms with Gasteiger partial charge in [-0.3, -0.25) is 0 Å². The average molecular weight is 801 g/mol. The standard InChI is InChI=1S/C61H40N2/c1-4-16-41(17-5-1)42-28-32-47(33-29-42)62-57-26-14-11-23-51(57)53-35-30-43(38-59(53)62)44-31-36-54-52-24-12-15-27-58(52)63(60(54)39-44)48-34-37-50-49-22-10-13-25-55(49)61(56(50)40-48,45-18-6-2-7-19-45)46-20-8-3-9-21-46/h1-40H. The maximum Gasteiger partial charge on any atom is 0.0714 e. The van der Waals surface area contributed by atoms with Crippen molar-refractivity contribution in [2.24, 2.45) is 0 Å². The summed E-state index contributed by atoms with van der Waals surface area (Å²) in [6, 6.07) is 89.6. The second kappa shape index (κ2) is 13.9. The van der Waals surface area contributed by atoms with Gasteiger partial charge in [-0.05, 0) is 104 Å². The number of hydrogen-bond acceptors (Lipinski definition) is 0. The molecule has 63 heavy (non-hydrogen) atoms. The van der Waals surface area contributed by atoms with E-state index in [1.165, 1.54) is 99.2 Å². The van der Waals surface area contributed by atoms with Crippen molar-refractivity contribution >= 4 is 43.6 Å². The van der Waals surface area contributed by atoms with Crippen LogP contribution in [0.3, 0.4) is 0 Å². The summed E-state index contributed by atoms with van der Waals surface area (Å²) in [6.45, 7) is 0. The summed E-state index contributed by atoms with van der Waals surface area (Å²) < 4.78 is 4.91. The van der Waals surface area contributed by atoms with Crippen LogP contribution in [0.5, 0.6) is 0 Å². The Morgan fingerprint density at radius 2 is 0.683 bits per heavy atom. The third kappa shape index (κ3) is 5.25. The number of rotatable bonds is 6. The molecule has 294 valence electrons. The molecule has 0 N–H and O–H groups in total. The van der Waals surface area contributed by atoms with Crippen LogP contribution in [0.1, 0.15) is 22.3 Å². The molecule has 0 amide bonds. The summed E-state index contributed by atoms with van der Waals surface area (Å²) in [5.74, 6) is 0. The molecule has 0 aliphatic heterocycles. The minimum atomic E-state index is -0.482. The van der Waals surface area contributed by atoms with Crippen molar-refractivity contribution in [3.05, 3.63) is 265 Å². The van der Waals surface area contributed by atoms with Crippen LogP contribution in [0.4, 0.5) is 0 Å². The van der Waals surface area contributed by atoms with Gasteiger partial charge < -0.3 is 9.13 Å². The normalized spacial score (nSPS) is 12.9. The molecule has 2 heteroatoms. The maximum atomic E-state index is 2.49. The minimum Gasteiger partial charge on any atom is -0.309 e. The molecule has 2 heterocycles. The van der Waals surface area contributed by atoms with Gasteiger partial charge in [0.1, 0.15) is 0 Å². The van der Waals surface area contributed by atoms with Crippen LogP contribution >= 0.6 is 0 Å². The molecule has 0 radical (unpaired) electrons. The second-order valence-electron chi connectivity index (χ2n) is 16.8. The number of hydrogen-bond donors (Lipinski definition) is 0. The Balaban J connectivity index is 1.01. The highest BCUT2D eigenvalue weighted by atomic mass is 15.0. The number of benzene rings is 10. The van der Waals surface area contributed by atoms with E-state index in [9.17, 15) is 0 Å². The van der Waals surface area contributed by atoms with E-state index in [-0.39, 0.29) is 0 Å². The highest BCUT2D eigenvalue weighted by molar-refractivity contribution is 6.12. The lowest BCUT2D eigenvalue weighted by Crippen LogP contribution is -2.28. The molecule has 0 atom stereocenters. The molecule has 2 nitrogen and oxygen atoms in total. The van der Waals surface area contributed by atoms with Gasteiger partial charge >= 0.3 is 0 Å². The monoisotopic (exact) mass is 800 g/mol. The van der Waals surface area contributed by atoms with Crippen molar-refractivity contribution in [3.63, 3.8) is 0 Å². The van der Waals surface area contributed by atoms with E-state index < -0.39 is 5.41 Å². The highest BCUT2D eigenvalue weighted by Gasteiger charge is 2.46. The molecule has 1 aliphatic carbocycles. The van der Waals surface area contributed by atoms with Crippen molar-refractivity contribution in [2.45, 2.75) is 5.41 Å². The fourth-order valence-corrected chi connectivity index (χ4v) is 10.9. The first-order chi connectivity index (χ1) is 31.3. The topological polar surface area (TPSA) is 9.86 Å². The van der Waals surface area contributed by atoms with E-state index in [0.29, 0.717) is 0 Å². The lowest BCUT2D eigenvalue weighted by atomic mass is 9.67. The zero-order valence-corrected chi connectivity index (χ0v) is 34.5. The molecular weight excluding hydrogens is 761 g/mol. The molecule has 0 fully saturated rings. The fraction of sp³-hybridized carbons (Fsp3) is 0.0164. The van der Waals surface area contributed by atoms with Gasteiger partial charge in [-0.1, -0.05) is 194 Å². The Bertz CT molecular complexity index is 3670. The van der Waals surface area contributed by atoms with Crippen molar-refractivity contribution in [1.82, 2.24) is 9.13 Å². The Hall–Kier alpha value is -8.20. The van der Waals surface area contributed by atoms with Crippen molar-refractivity contribution in [3.8, 4) is 44.8 Å². The summed E-state index contributed by atoms with van der Waals surface area (Å²) in [5.41, 5.74) is 19.1. The van der Waals surface area contributed by atoms with Gasteiger partial charge in [0.15, 0.2) is 0 Å². The summed E-state index contributed by atoms with van der Waals surface area (Å²) in [6.07, 6.45) is 0. The van der Waals surface area contributed by atoms with Gasteiger partial charge in [-0.2, -0.15) is 0 Å². The number of para-hydroxylation sites is 2. The maximum absolute atomic E-state index is 2.49. The smallest absolute Gasteiger partial charge is 0.0714 e. The summed E-state index contributed by atoms with van der Waals surface area (Å²) in [4.78, 5) is 0. The quantitative estimate of drug-likeness (QED) is 0.159. The predicted octanol–water partition coefficient (Wildman–Crippen LogP) is 15.6. The number of nitrogens with zero attached hydrogens (tertiary/aromatic N) is 2. The first kappa shape index (κ1) is 35.5. The van der Waals surface area contributed by atoms with Gasteiger partial charge in [0.25, 0.3) is 0 Å². The molecular formula is C61H40N2. The van der Waals surface area contributed by atoms with Crippen LogP contribution in [0, 0.1) is 0 Å². The van der Waals surface area contributed by atoms with Gasteiger partial charge in [-0.25, -0.2) is 0 Å². The minimum absolute atomic E-state index is 0.482. The zero-order valence-electron chi connectivity index (χ0n) is 34.5. The van der Waals surface area contributed by atoms with E-state index in [4.69, 9.17) is 0 Å². The molecule has 13 rings (SSSR count). The Morgan fingerprint density at radius 1 is 0.254 bits per heavy atom. The van der Waals surface area contributed by atoms with Gasteiger partial charge in [0, 0.05) is 32.9 Å². The second-order valence-corrected chi connectivity index (χ2v) is 16.8. The summed E-state index contributed by atoms with van der Waals surface area (Å²) in [7, 11) is 0. The molecule has 1 aliphatic rings. The van der Waals surface area contributed by atoms with Gasteiger partial charge in [0.2, 0.25) is 0 Å². The van der Waals surface area contributed by atoms with Crippen molar-refractivity contribution in [2.75, 3.05) is 0 Å². The Labute approximate surface area is 366 Å². The lowest BCUT2D eigenvalue weighted by Gasteiger charge is -2.34. The zero-order chi connectivity index (χ0) is 41.5. The highest BCUT2D eigenvalue weighted by Crippen LogP contribution is 2.56. The van der Waals surface area contributed by atoms with E-state index in [1.807, 2.05) is 0 Å². The third-order valence-corrected chi connectivity index (χ3v) is 13.6. The van der Waals surface area contributed by atoms with E-state index in [0.717, 1.165) is 11.4 Å². The van der Waals surface area contributed by atoms with E-state index in [1.54, 1.807) is 0 Å². The molecule has 12 aromatic rings. The summed E-state index contributed by atoms with van der Waals surface area (Å²) >= 11 is 0. The van der Waals surface area contributed by atoms with Crippen LogP contribution in [-0.4, -0.2) is 9.13 Å². The molecule has 0 saturated heterocycles. The molecule has 0 bridgehead atoms. The fourth-order valence-electron chi connectivity index (χ4n) is 10.9. The number of aromatic nitrogens is 2. The Morgan fingerprint density at radius 3 is 1.29 bits per heavy atom. The van der Waals surface area contributed by atoms with Crippen LogP contribution in [0.25, 0.3) is 88.4 Å². The average Bonchev–Trinajstić information content (AvgIpc) is 3.98. The van der Waals surface area contributed by atoms with Gasteiger partial charge in [0.05, 0.1) is 27.5 Å². The van der Waals surface area contributed by atoms with Crippen LogP contribution in [0.15, 0.2) is 243 Å². The van der Waals surface area contributed by atoms with Crippen LogP contribution in [-0.2, 0) is 5.41 Å². The molecule has 2 aromatic heterocycles. The lowest BCUT2D eigenvalue weighted by molar-refractivity contribution is 0.767. The Kier molecular flexibility index (Phi) is 7.85. The SMILES string of the molecule is c1ccc(-c2ccc(-n3c4ccccc4c4ccc(-c5ccc6c7ccccc7n(-c7ccc8c(c7)C(c7ccccc7)(c7ccccc7)c7ccccc7-8)c6c5)cc43)cc2)cc1. The largest absolute Gasteiger partial charge is 0.309 e. The number of fused-ring (bicyclic) bond motifs is 9. The first-order valence-electron chi connectivity index (χ1n) is 21.8. The molecule has 0 unspecified atom stereocenters. The summed E-state index contributed by atoms with van der Waals surface area (Å²) in [5, 5.41) is 4.98. The first-order valence-corrected chi connectivity index (χ1v) is 21.8. The van der Waals surface area contributed by atoms with E-state index in [2.05, 4.69) is 252 Å². The van der Waals surface area contributed by atoms with Crippen LogP contribution < -0.4 is 0 Å².